The van der Waals surface area contributed by atoms with E-state index in [1.165, 1.54) is 0 Å². The molecule has 0 heterocycles. The average Bonchev–Trinajstić information content (AvgIpc) is 2.68. The van der Waals surface area contributed by atoms with Crippen molar-refractivity contribution in [3.05, 3.63) is 76.0 Å². The fraction of sp³-hybridized carbons (Fsp3) is 0.167. The molecule has 0 radical (unpaired) electrons. The number of carbonyl (C=O) groups excluding carboxylic acids is 1. The number of allylic oxidation sites excluding steroid dienone is 1. The van der Waals surface area contributed by atoms with Gasteiger partial charge in [0, 0.05) is 23.3 Å². The molecule has 4 nitrogen and oxygen atoms in total. The van der Waals surface area contributed by atoms with Crippen LogP contribution >= 0.6 is 0 Å². The molecule has 0 aliphatic heterocycles. The number of hydrogen-bond acceptors (Lipinski definition) is 3. The van der Waals surface area contributed by atoms with Gasteiger partial charge in [0.05, 0.1) is 0 Å². The molecule has 112 valence electrons. The molecule has 2 aromatic carbocycles. The molecular formula is C18H17NO3. The average molecular weight is 295 g/mol. The Morgan fingerprint density at radius 2 is 1.91 bits per heavy atom. The van der Waals surface area contributed by atoms with Crippen molar-refractivity contribution in [2.75, 3.05) is 0 Å². The summed E-state index contributed by atoms with van der Waals surface area (Å²) in [5, 5.41) is 19.1. The third-order valence-corrected chi connectivity index (χ3v) is 3.92. The summed E-state index contributed by atoms with van der Waals surface area (Å²) in [5.74, 6) is 0.0498. The van der Waals surface area contributed by atoms with Gasteiger partial charge in [0.15, 0.2) is 11.5 Å². The number of nitrogens with one attached hydrogen (secondary N) is 1. The van der Waals surface area contributed by atoms with Crippen LogP contribution in [0, 0.1) is 5.21 Å². The number of quaternary nitrogens is 1. The molecule has 22 heavy (non-hydrogen) atoms. The molecule has 2 N–H and O–H groups in total. The highest BCUT2D eigenvalue weighted by molar-refractivity contribution is 6.12. The number of carbonyl (C=O) groups is 1. The maximum atomic E-state index is 12.7. The summed E-state index contributed by atoms with van der Waals surface area (Å²) in [6.45, 7) is 0. The van der Waals surface area contributed by atoms with Crippen LogP contribution in [0.5, 0.6) is 0 Å². The molecule has 1 unspecified atom stereocenters. The van der Waals surface area contributed by atoms with E-state index in [0.717, 1.165) is 35.1 Å². The van der Waals surface area contributed by atoms with Crippen LogP contribution in [0.25, 0.3) is 6.08 Å². The number of Topliss-reactive ketones (excluding diaryl/α,β-unsaturated/α-hetero) is 1. The van der Waals surface area contributed by atoms with Crippen molar-refractivity contribution >= 4 is 17.5 Å². The molecule has 0 spiro atoms. The number of aryl methyl sites for hydroxylation is 1. The zero-order chi connectivity index (χ0) is 15.5. The van der Waals surface area contributed by atoms with Crippen LogP contribution < -0.4 is 5.23 Å². The lowest BCUT2D eigenvalue weighted by Gasteiger charge is -2.11. The first-order chi connectivity index (χ1) is 10.6. The second-order valence-corrected chi connectivity index (χ2v) is 5.44. The van der Waals surface area contributed by atoms with Crippen molar-refractivity contribution in [1.82, 2.24) is 0 Å². The molecule has 1 aliphatic carbocycles. The maximum Gasteiger partial charge on any atom is 0.189 e. The van der Waals surface area contributed by atoms with Crippen LogP contribution in [0.4, 0.5) is 5.69 Å². The normalized spacial score (nSPS) is 17.9. The summed E-state index contributed by atoms with van der Waals surface area (Å²) in [4.78, 5) is 12.7. The molecule has 0 saturated heterocycles. The highest BCUT2D eigenvalue weighted by Gasteiger charge is 2.19. The van der Waals surface area contributed by atoms with E-state index in [-0.39, 0.29) is 11.5 Å². The predicted molar refractivity (Wildman–Crippen MR) is 83.9 cm³/mol. The summed E-state index contributed by atoms with van der Waals surface area (Å²) < 4.78 is 0. The standard InChI is InChI=1S/C18H17NO3/c20-18-15(8-4-7-14-6-1-2-10-17(14)18)11-13-5-3-9-16(12-13)19(21)22/h1-3,5-6,9-12,19,21H,4,7-8H2/b15-11+. The lowest BCUT2D eigenvalue weighted by molar-refractivity contribution is -0.991. The highest BCUT2D eigenvalue weighted by Crippen LogP contribution is 2.26. The van der Waals surface area contributed by atoms with Gasteiger partial charge in [0.2, 0.25) is 0 Å². The molecule has 0 bridgehead atoms. The number of fused-ring (bicyclic) bond motifs is 1. The van der Waals surface area contributed by atoms with Gasteiger partial charge in [0.25, 0.3) is 0 Å². The van der Waals surface area contributed by atoms with Crippen LogP contribution in [-0.2, 0) is 6.42 Å². The predicted octanol–water partition coefficient (Wildman–Crippen LogP) is 2.69. The molecule has 2 aromatic rings. The van der Waals surface area contributed by atoms with Crippen LogP contribution in [0.2, 0.25) is 0 Å². The van der Waals surface area contributed by atoms with Gasteiger partial charge in [-0.2, -0.15) is 5.23 Å². The summed E-state index contributed by atoms with van der Waals surface area (Å²) >= 11 is 0. The summed E-state index contributed by atoms with van der Waals surface area (Å²) in [5.41, 5.74) is 3.58. The molecule has 0 aromatic heterocycles. The summed E-state index contributed by atoms with van der Waals surface area (Å²) in [6.07, 6.45) is 4.35. The Kier molecular flexibility index (Phi) is 4.15. The third-order valence-electron chi connectivity index (χ3n) is 3.92. The molecule has 0 amide bonds. The van der Waals surface area contributed by atoms with Gasteiger partial charge in [-0.3, -0.25) is 4.79 Å². The van der Waals surface area contributed by atoms with E-state index in [9.17, 15) is 10.0 Å². The van der Waals surface area contributed by atoms with Gasteiger partial charge >= 0.3 is 0 Å². The molecular weight excluding hydrogens is 278 g/mol. The molecule has 0 fully saturated rings. The van der Waals surface area contributed by atoms with Gasteiger partial charge in [-0.05, 0) is 36.5 Å². The van der Waals surface area contributed by atoms with Gasteiger partial charge in [-0.15, -0.1) is 0 Å². The Bertz CT molecular complexity index is 735. The van der Waals surface area contributed by atoms with E-state index in [2.05, 4.69) is 0 Å². The van der Waals surface area contributed by atoms with Crippen molar-refractivity contribution in [2.24, 2.45) is 0 Å². The van der Waals surface area contributed by atoms with E-state index < -0.39 is 5.23 Å². The monoisotopic (exact) mass is 295 g/mol. The number of ketones is 1. The zero-order valence-electron chi connectivity index (χ0n) is 12.1. The third kappa shape index (κ3) is 2.99. The van der Waals surface area contributed by atoms with E-state index in [1.807, 2.05) is 36.4 Å². The van der Waals surface area contributed by atoms with E-state index >= 15 is 0 Å². The fourth-order valence-electron chi connectivity index (χ4n) is 2.82. The Labute approximate surface area is 128 Å². The zero-order valence-corrected chi connectivity index (χ0v) is 12.1. The molecule has 3 rings (SSSR count). The lowest BCUT2D eigenvalue weighted by atomic mass is 9.98. The Balaban J connectivity index is 1.98. The van der Waals surface area contributed by atoms with E-state index in [1.54, 1.807) is 18.2 Å². The minimum atomic E-state index is -0.960. The summed E-state index contributed by atoms with van der Waals surface area (Å²) in [7, 11) is 0. The first-order valence-electron chi connectivity index (χ1n) is 7.32. The smallest absolute Gasteiger partial charge is 0.189 e. The fourth-order valence-corrected chi connectivity index (χ4v) is 2.82. The number of rotatable bonds is 2. The van der Waals surface area contributed by atoms with Crippen molar-refractivity contribution in [1.29, 1.82) is 0 Å². The molecule has 4 heteroatoms. The highest BCUT2D eigenvalue weighted by atomic mass is 16.8. The van der Waals surface area contributed by atoms with Crippen LogP contribution in [0.3, 0.4) is 0 Å². The Morgan fingerprint density at radius 3 is 2.73 bits per heavy atom. The van der Waals surface area contributed by atoms with Crippen LogP contribution in [0.15, 0.2) is 54.1 Å². The lowest BCUT2D eigenvalue weighted by Crippen LogP contribution is -2.99. The number of hydrogen-bond donors (Lipinski definition) is 2. The summed E-state index contributed by atoms with van der Waals surface area (Å²) in [6, 6.07) is 14.4. The SMILES string of the molecule is O=C1/C(=C/c2cccc([NH+]([O-])O)c2)CCCc2ccccc21. The first kappa shape index (κ1) is 14.7. The topological polar surface area (TPSA) is 64.8 Å². The molecule has 0 saturated carbocycles. The minimum Gasteiger partial charge on any atom is -0.595 e. The quantitative estimate of drug-likeness (QED) is 0.508. The largest absolute Gasteiger partial charge is 0.595 e. The van der Waals surface area contributed by atoms with Crippen molar-refractivity contribution < 1.29 is 15.2 Å². The molecule has 1 aliphatic rings. The van der Waals surface area contributed by atoms with Crippen LogP contribution in [0.1, 0.15) is 34.3 Å². The van der Waals surface area contributed by atoms with Crippen molar-refractivity contribution in [3.8, 4) is 0 Å². The van der Waals surface area contributed by atoms with E-state index in [4.69, 9.17) is 5.21 Å². The Hall–Kier alpha value is -2.27. The molecule has 1 atom stereocenters. The second kappa shape index (κ2) is 6.23. The van der Waals surface area contributed by atoms with Crippen molar-refractivity contribution in [2.45, 2.75) is 19.3 Å². The first-order valence-corrected chi connectivity index (χ1v) is 7.32. The van der Waals surface area contributed by atoms with Gasteiger partial charge in [0.1, 0.15) is 0 Å². The van der Waals surface area contributed by atoms with Crippen LogP contribution in [-0.4, -0.2) is 11.0 Å². The Morgan fingerprint density at radius 1 is 1.09 bits per heavy atom. The maximum absolute atomic E-state index is 12.7. The minimum absolute atomic E-state index is 0.0498. The van der Waals surface area contributed by atoms with E-state index in [0.29, 0.717) is 6.42 Å². The second-order valence-electron chi connectivity index (χ2n) is 5.44. The number of benzene rings is 2. The van der Waals surface area contributed by atoms with Gasteiger partial charge in [-0.25, -0.2) is 5.21 Å². The van der Waals surface area contributed by atoms with Gasteiger partial charge in [-0.1, -0.05) is 36.4 Å². The van der Waals surface area contributed by atoms with Crippen molar-refractivity contribution in [3.63, 3.8) is 0 Å². The van der Waals surface area contributed by atoms with Gasteiger partial charge < -0.3 is 5.21 Å².